The number of nitrogens with zero attached hydrogens (tertiary/aromatic N) is 1. The molecule has 1 N–H and O–H groups in total. The minimum absolute atomic E-state index is 0.0499. The van der Waals surface area contributed by atoms with Crippen molar-refractivity contribution in [1.29, 1.82) is 0 Å². The minimum Gasteiger partial charge on any atom is -0.324 e. The van der Waals surface area contributed by atoms with Crippen molar-refractivity contribution in [2.75, 3.05) is 5.32 Å². The number of hydrogen-bond acceptors (Lipinski definition) is 3. The number of amides is 1. The molecule has 2 aromatic rings. The van der Waals surface area contributed by atoms with E-state index >= 15 is 0 Å². The Bertz CT molecular complexity index is 870. The van der Waals surface area contributed by atoms with E-state index in [1.54, 1.807) is 0 Å². The molecule has 0 radical (unpaired) electrons. The van der Waals surface area contributed by atoms with Gasteiger partial charge >= 0.3 is 6.18 Å². The Labute approximate surface area is 153 Å². The lowest BCUT2D eigenvalue weighted by Gasteiger charge is -2.13. The number of carbonyl (C=O) groups excluding carboxylic acids is 1. The summed E-state index contributed by atoms with van der Waals surface area (Å²) < 4.78 is 63.9. The molecule has 1 aromatic heterocycles. The van der Waals surface area contributed by atoms with Crippen LogP contribution in [0.5, 0.6) is 0 Å². The van der Waals surface area contributed by atoms with Gasteiger partial charge < -0.3 is 9.88 Å². The zero-order valence-electron chi connectivity index (χ0n) is 12.7. The fraction of sp³-hybridized carbons (Fsp3) is 0.200. The van der Waals surface area contributed by atoms with Crippen LogP contribution in [0.3, 0.4) is 0 Å². The standard InChI is InChI=1S/C15H10ClF5N2O2S/c16-9-5-8(15(19,20)21)6-23(13(9)25)7-12(24)22-10-3-1-2-4-11(10)26-14(17)18/h1-6,14H,7H2,(H,22,24). The van der Waals surface area contributed by atoms with Gasteiger partial charge in [-0.05, 0) is 18.2 Å². The average molecular weight is 413 g/mol. The Morgan fingerprint density at radius 2 is 1.92 bits per heavy atom. The number of carbonyl (C=O) groups is 1. The third-order valence-electron chi connectivity index (χ3n) is 3.06. The molecule has 0 saturated carbocycles. The predicted molar refractivity (Wildman–Crippen MR) is 87.6 cm³/mol. The molecule has 0 atom stereocenters. The van der Waals surface area contributed by atoms with Crippen LogP contribution in [-0.2, 0) is 17.5 Å². The van der Waals surface area contributed by atoms with Gasteiger partial charge in [0.25, 0.3) is 11.3 Å². The average Bonchev–Trinajstić information content (AvgIpc) is 2.52. The molecule has 1 heterocycles. The molecule has 1 aromatic carbocycles. The van der Waals surface area contributed by atoms with Gasteiger partial charge in [-0.15, -0.1) is 0 Å². The van der Waals surface area contributed by atoms with E-state index in [9.17, 15) is 31.5 Å². The summed E-state index contributed by atoms with van der Waals surface area (Å²) in [6.45, 7) is -0.768. The van der Waals surface area contributed by atoms with Crippen molar-refractivity contribution in [3.8, 4) is 0 Å². The molecule has 0 fully saturated rings. The van der Waals surface area contributed by atoms with Crippen LogP contribution in [0, 0.1) is 0 Å². The maximum atomic E-state index is 12.8. The molecule has 4 nitrogen and oxygen atoms in total. The van der Waals surface area contributed by atoms with Gasteiger partial charge in [0.05, 0.1) is 11.3 Å². The van der Waals surface area contributed by atoms with Gasteiger partial charge in [-0.3, -0.25) is 9.59 Å². The van der Waals surface area contributed by atoms with Crippen LogP contribution in [0.2, 0.25) is 5.02 Å². The van der Waals surface area contributed by atoms with E-state index < -0.39 is 40.5 Å². The monoisotopic (exact) mass is 412 g/mol. The highest BCUT2D eigenvalue weighted by Crippen LogP contribution is 2.32. The highest BCUT2D eigenvalue weighted by molar-refractivity contribution is 7.99. The Morgan fingerprint density at radius 1 is 1.27 bits per heavy atom. The lowest BCUT2D eigenvalue weighted by atomic mass is 10.2. The first kappa shape index (κ1) is 20.2. The first-order valence-corrected chi connectivity index (χ1v) is 8.14. The SMILES string of the molecule is O=C(Cn1cc(C(F)(F)F)cc(Cl)c1=O)Nc1ccccc1SC(F)F. The maximum absolute atomic E-state index is 12.8. The van der Waals surface area contributed by atoms with E-state index in [0.717, 1.165) is 0 Å². The van der Waals surface area contributed by atoms with Gasteiger partial charge in [-0.2, -0.15) is 22.0 Å². The number of aromatic nitrogens is 1. The van der Waals surface area contributed by atoms with Crippen LogP contribution in [0.1, 0.15) is 5.56 Å². The number of hydrogen-bond donors (Lipinski definition) is 1. The Morgan fingerprint density at radius 3 is 2.54 bits per heavy atom. The summed E-state index contributed by atoms with van der Waals surface area (Å²) in [5.41, 5.74) is -2.12. The van der Waals surface area contributed by atoms with Crippen molar-refractivity contribution in [2.45, 2.75) is 23.4 Å². The lowest BCUT2D eigenvalue weighted by Crippen LogP contribution is -2.29. The molecule has 0 spiro atoms. The van der Waals surface area contributed by atoms with Gasteiger partial charge in [0, 0.05) is 11.1 Å². The number of rotatable bonds is 5. The second-order valence-electron chi connectivity index (χ2n) is 4.93. The molecular formula is C15H10ClF5N2O2S. The Hall–Kier alpha value is -2.07. The number of para-hydroxylation sites is 1. The van der Waals surface area contributed by atoms with Crippen LogP contribution >= 0.6 is 23.4 Å². The molecule has 0 aliphatic heterocycles. The topological polar surface area (TPSA) is 51.1 Å². The van der Waals surface area contributed by atoms with E-state index in [0.29, 0.717) is 16.8 Å². The summed E-state index contributed by atoms with van der Waals surface area (Å²) in [6.07, 6.45) is -4.29. The van der Waals surface area contributed by atoms with E-state index in [2.05, 4.69) is 5.32 Å². The van der Waals surface area contributed by atoms with Crippen LogP contribution in [0.15, 0.2) is 46.2 Å². The van der Waals surface area contributed by atoms with Crippen molar-refractivity contribution in [2.24, 2.45) is 0 Å². The number of alkyl halides is 5. The van der Waals surface area contributed by atoms with Gasteiger partial charge in [0.15, 0.2) is 0 Å². The number of benzene rings is 1. The van der Waals surface area contributed by atoms with Gasteiger partial charge in [-0.1, -0.05) is 35.5 Å². The summed E-state index contributed by atoms with van der Waals surface area (Å²) in [4.78, 5) is 24.0. The molecule has 1 amide bonds. The van der Waals surface area contributed by atoms with E-state index in [4.69, 9.17) is 11.6 Å². The maximum Gasteiger partial charge on any atom is 0.417 e. The predicted octanol–water partition coefficient (Wildman–Crippen LogP) is 4.47. The molecule has 11 heteroatoms. The van der Waals surface area contributed by atoms with Crippen molar-refractivity contribution >= 4 is 35.0 Å². The Balaban J connectivity index is 2.24. The second-order valence-corrected chi connectivity index (χ2v) is 6.37. The molecule has 0 aliphatic carbocycles. The normalized spacial score (nSPS) is 11.7. The van der Waals surface area contributed by atoms with Gasteiger partial charge in [0.1, 0.15) is 11.6 Å². The fourth-order valence-corrected chi connectivity index (χ4v) is 2.81. The van der Waals surface area contributed by atoms with E-state index in [1.165, 1.54) is 24.3 Å². The highest BCUT2D eigenvalue weighted by Gasteiger charge is 2.32. The van der Waals surface area contributed by atoms with E-state index in [-0.39, 0.29) is 22.3 Å². The summed E-state index contributed by atoms with van der Waals surface area (Å²) >= 11 is 5.70. The van der Waals surface area contributed by atoms with E-state index in [1.807, 2.05) is 0 Å². The quantitative estimate of drug-likeness (QED) is 0.582. The van der Waals surface area contributed by atoms with Gasteiger partial charge in [-0.25, -0.2) is 0 Å². The van der Waals surface area contributed by atoms with Crippen molar-refractivity contribution in [1.82, 2.24) is 4.57 Å². The number of halogens is 6. The zero-order chi connectivity index (χ0) is 19.5. The van der Waals surface area contributed by atoms with Crippen molar-refractivity contribution in [3.05, 3.63) is 57.5 Å². The molecule has 140 valence electrons. The first-order chi connectivity index (χ1) is 12.1. The molecule has 0 aliphatic rings. The second kappa shape index (κ2) is 8.09. The summed E-state index contributed by atoms with van der Waals surface area (Å²) in [7, 11) is 0. The Kier molecular flexibility index (Phi) is 6.30. The largest absolute Gasteiger partial charge is 0.417 e. The molecule has 2 rings (SSSR count). The smallest absolute Gasteiger partial charge is 0.324 e. The summed E-state index contributed by atoms with van der Waals surface area (Å²) in [5, 5.41) is 1.60. The summed E-state index contributed by atoms with van der Waals surface area (Å²) in [5.74, 6) is -3.59. The fourth-order valence-electron chi connectivity index (χ4n) is 1.98. The minimum atomic E-state index is -4.75. The van der Waals surface area contributed by atoms with Crippen molar-refractivity contribution < 1.29 is 26.7 Å². The number of anilines is 1. The molecule has 26 heavy (non-hydrogen) atoms. The molecule has 0 saturated heterocycles. The van der Waals surface area contributed by atoms with Crippen LogP contribution in [-0.4, -0.2) is 16.2 Å². The van der Waals surface area contributed by atoms with Crippen molar-refractivity contribution in [3.63, 3.8) is 0 Å². The number of pyridine rings is 1. The third kappa shape index (κ3) is 5.21. The number of thioether (sulfide) groups is 1. The molecule has 0 bridgehead atoms. The lowest BCUT2D eigenvalue weighted by molar-refractivity contribution is -0.138. The van der Waals surface area contributed by atoms with Crippen LogP contribution in [0.25, 0.3) is 0 Å². The third-order valence-corrected chi connectivity index (χ3v) is 4.12. The molecule has 0 unspecified atom stereocenters. The van der Waals surface area contributed by atoms with Crippen LogP contribution < -0.4 is 10.9 Å². The zero-order valence-corrected chi connectivity index (χ0v) is 14.3. The number of nitrogens with one attached hydrogen (secondary N) is 1. The first-order valence-electron chi connectivity index (χ1n) is 6.89. The van der Waals surface area contributed by atoms with Crippen LogP contribution in [0.4, 0.5) is 27.6 Å². The molecular weight excluding hydrogens is 403 g/mol. The highest BCUT2D eigenvalue weighted by atomic mass is 35.5. The van der Waals surface area contributed by atoms with Gasteiger partial charge in [0.2, 0.25) is 5.91 Å². The summed E-state index contributed by atoms with van der Waals surface area (Å²) in [6, 6.07) is 6.13.